The number of carbonyl (C=O) groups is 1. The highest BCUT2D eigenvalue weighted by Crippen LogP contribution is 2.17. The zero-order valence-corrected chi connectivity index (χ0v) is 13.4. The highest BCUT2D eigenvalue weighted by molar-refractivity contribution is 9.10. The number of anilines is 1. The molecule has 1 saturated carbocycles. The van der Waals surface area contributed by atoms with Gasteiger partial charge in [0.05, 0.1) is 0 Å². The number of hydrogen-bond donors (Lipinski definition) is 2. The Morgan fingerprint density at radius 3 is 2.65 bits per heavy atom. The zero-order chi connectivity index (χ0) is 14.2. The van der Waals surface area contributed by atoms with Crippen molar-refractivity contribution in [1.82, 2.24) is 5.32 Å². The van der Waals surface area contributed by atoms with Crippen molar-refractivity contribution in [2.24, 2.45) is 0 Å². The Morgan fingerprint density at radius 2 is 1.95 bits per heavy atom. The fourth-order valence-electron chi connectivity index (χ4n) is 2.66. The summed E-state index contributed by atoms with van der Waals surface area (Å²) in [6.45, 7) is 0.768. The number of halogens is 1. The topological polar surface area (TPSA) is 41.1 Å². The van der Waals surface area contributed by atoms with Crippen LogP contribution in [0.5, 0.6) is 0 Å². The van der Waals surface area contributed by atoms with Crippen molar-refractivity contribution in [1.29, 1.82) is 0 Å². The first kappa shape index (κ1) is 15.5. The summed E-state index contributed by atoms with van der Waals surface area (Å²) < 4.78 is 0.979. The summed E-state index contributed by atoms with van der Waals surface area (Å²) in [5, 5.41) is 6.44. The molecule has 1 fully saturated rings. The largest absolute Gasteiger partial charge is 0.326 e. The third kappa shape index (κ3) is 5.63. The lowest BCUT2D eigenvalue weighted by Crippen LogP contribution is -2.31. The molecule has 0 bridgehead atoms. The highest BCUT2D eigenvalue weighted by atomic mass is 79.9. The molecular formula is C16H23BrN2O. The second-order valence-corrected chi connectivity index (χ2v) is 6.37. The van der Waals surface area contributed by atoms with E-state index in [0.29, 0.717) is 12.5 Å². The molecule has 2 N–H and O–H groups in total. The van der Waals surface area contributed by atoms with Gasteiger partial charge >= 0.3 is 0 Å². The van der Waals surface area contributed by atoms with Crippen LogP contribution in [0.2, 0.25) is 0 Å². The van der Waals surface area contributed by atoms with Gasteiger partial charge in [0.15, 0.2) is 0 Å². The van der Waals surface area contributed by atoms with Crippen LogP contribution in [-0.2, 0) is 4.79 Å². The maximum Gasteiger partial charge on any atom is 0.225 e. The molecule has 3 nitrogen and oxygen atoms in total. The second-order valence-electron chi connectivity index (χ2n) is 5.45. The molecular weight excluding hydrogens is 316 g/mol. The molecule has 0 aliphatic heterocycles. The van der Waals surface area contributed by atoms with Gasteiger partial charge < -0.3 is 10.6 Å². The van der Waals surface area contributed by atoms with E-state index in [-0.39, 0.29) is 5.91 Å². The van der Waals surface area contributed by atoms with Crippen LogP contribution in [0.3, 0.4) is 0 Å². The maximum atomic E-state index is 11.9. The predicted molar refractivity (Wildman–Crippen MR) is 86.9 cm³/mol. The van der Waals surface area contributed by atoms with Crippen molar-refractivity contribution >= 4 is 27.5 Å². The fraction of sp³-hybridized carbons (Fsp3) is 0.562. The standard InChI is InChI=1S/C16H23BrN2O/c17-13-6-5-9-15(12-13)19-16(20)10-11-18-14-7-3-1-2-4-8-14/h5-6,9,12,14,18H,1-4,7-8,10-11H2,(H,19,20). The van der Waals surface area contributed by atoms with E-state index in [1.54, 1.807) is 0 Å². The molecule has 1 aliphatic carbocycles. The molecule has 0 radical (unpaired) electrons. The number of amides is 1. The molecule has 1 aromatic carbocycles. The molecule has 1 amide bonds. The molecule has 4 heteroatoms. The van der Waals surface area contributed by atoms with E-state index < -0.39 is 0 Å². The van der Waals surface area contributed by atoms with Crippen molar-refractivity contribution in [3.8, 4) is 0 Å². The van der Waals surface area contributed by atoms with Crippen LogP contribution in [0.1, 0.15) is 44.9 Å². The van der Waals surface area contributed by atoms with E-state index in [4.69, 9.17) is 0 Å². The number of hydrogen-bond acceptors (Lipinski definition) is 2. The molecule has 20 heavy (non-hydrogen) atoms. The summed E-state index contributed by atoms with van der Waals surface area (Å²) in [7, 11) is 0. The van der Waals surface area contributed by atoms with Gasteiger partial charge in [-0.3, -0.25) is 4.79 Å². The summed E-state index contributed by atoms with van der Waals surface area (Å²) in [4.78, 5) is 11.9. The fourth-order valence-corrected chi connectivity index (χ4v) is 3.06. The molecule has 1 aliphatic rings. The lowest BCUT2D eigenvalue weighted by Gasteiger charge is -2.15. The monoisotopic (exact) mass is 338 g/mol. The average molecular weight is 339 g/mol. The van der Waals surface area contributed by atoms with Crippen LogP contribution in [0.4, 0.5) is 5.69 Å². The molecule has 0 aromatic heterocycles. The van der Waals surface area contributed by atoms with E-state index in [1.165, 1.54) is 38.5 Å². The number of carbonyl (C=O) groups excluding carboxylic acids is 1. The number of benzene rings is 1. The van der Waals surface area contributed by atoms with Crippen molar-refractivity contribution in [3.05, 3.63) is 28.7 Å². The summed E-state index contributed by atoms with van der Waals surface area (Å²) in [5.41, 5.74) is 0.846. The van der Waals surface area contributed by atoms with Crippen LogP contribution in [0.25, 0.3) is 0 Å². The van der Waals surface area contributed by atoms with E-state index in [1.807, 2.05) is 24.3 Å². The molecule has 0 atom stereocenters. The molecule has 0 saturated heterocycles. The first-order valence-electron chi connectivity index (χ1n) is 7.53. The minimum atomic E-state index is 0.0734. The van der Waals surface area contributed by atoms with Crippen molar-refractivity contribution in [2.45, 2.75) is 51.0 Å². The molecule has 110 valence electrons. The van der Waals surface area contributed by atoms with Gasteiger partial charge in [-0.05, 0) is 31.0 Å². The highest BCUT2D eigenvalue weighted by Gasteiger charge is 2.11. The van der Waals surface area contributed by atoms with E-state index >= 15 is 0 Å². The van der Waals surface area contributed by atoms with Crippen molar-refractivity contribution < 1.29 is 4.79 Å². The Labute approximate surface area is 129 Å². The van der Waals surface area contributed by atoms with Gasteiger partial charge in [0.2, 0.25) is 5.91 Å². The molecule has 1 aromatic rings. The van der Waals surface area contributed by atoms with Crippen LogP contribution >= 0.6 is 15.9 Å². The van der Waals surface area contributed by atoms with E-state index in [9.17, 15) is 4.79 Å². The normalized spacial score (nSPS) is 16.6. The first-order chi connectivity index (χ1) is 9.74. The van der Waals surface area contributed by atoms with Crippen LogP contribution < -0.4 is 10.6 Å². The third-order valence-electron chi connectivity index (χ3n) is 3.75. The Morgan fingerprint density at radius 1 is 1.20 bits per heavy atom. The van der Waals surface area contributed by atoms with Gasteiger partial charge in [-0.1, -0.05) is 47.7 Å². The van der Waals surface area contributed by atoms with E-state index in [0.717, 1.165) is 16.7 Å². The summed E-state index contributed by atoms with van der Waals surface area (Å²) in [5.74, 6) is 0.0734. The molecule has 0 heterocycles. The lowest BCUT2D eigenvalue weighted by molar-refractivity contribution is -0.116. The Bertz CT molecular complexity index is 428. The summed E-state index contributed by atoms with van der Waals surface area (Å²) in [6.07, 6.45) is 8.41. The Hall–Kier alpha value is -0.870. The van der Waals surface area contributed by atoms with E-state index in [2.05, 4.69) is 26.6 Å². The van der Waals surface area contributed by atoms with Crippen LogP contribution in [0, 0.1) is 0 Å². The lowest BCUT2D eigenvalue weighted by atomic mass is 10.1. The smallest absolute Gasteiger partial charge is 0.225 e. The molecule has 2 rings (SSSR count). The average Bonchev–Trinajstić information content (AvgIpc) is 2.67. The maximum absolute atomic E-state index is 11.9. The Kier molecular flexibility index (Phi) is 6.54. The zero-order valence-electron chi connectivity index (χ0n) is 11.8. The van der Waals surface area contributed by atoms with Gasteiger partial charge in [0, 0.05) is 29.2 Å². The molecule has 0 spiro atoms. The summed E-state index contributed by atoms with van der Waals surface area (Å²) >= 11 is 3.40. The number of rotatable bonds is 5. The van der Waals surface area contributed by atoms with Gasteiger partial charge in [0.25, 0.3) is 0 Å². The van der Waals surface area contributed by atoms with Gasteiger partial charge in [-0.25, -0.2) is 0 Å². The van der Waals surface area contributed by atoms with Crippen molar-refractivity contribution in [2.75, 3.05) is 11.9 Å². The van der Waals surface area contributed by atoms with Gasteiger partial charge in [0.1, 0.15) is 0 Å². The number of nitrogens with one attached hydrogen (secondary N) is 2. The van der Waals surface area contributed by atoms with Crippen LogP contribution in [-0.4, -0.2) is 18.5 Å². The van der Waals surface area contributed by atoms with Gasteiger partial charge in [-0.15, -0.1) is 0 Å². The molecule has 0 unspecified atom stereocenters. The SMILES string of the molecule is O=C(CCNC1CCCCCC1)Nc1cccc(Br)c1. The van der Waals surface area contributed by atoms with Crippen LogP contribution in [0.15, 0.2) is 28.7 Å². The minimum absolute atomic E-state index is 0.0734. The second kappa shape index (κ2) is 8.42. The first-order valence-corrected chi connectivity index (χ1v) is 8.32. The minimum Gasteiger partial charge on any atom is -0.326 e. The quantitative estimate of drug-likeness (QED) is 0.794. The summed E-state index contributed by atoms with van der Waals surface area (Å²) in [6, 6.07) is 8.29. The van der Waals surface area contributed by atoms with Crippen molar-refractivity contribution in [3.63, 3.8) is 0 Å². The predicted octanol–water partition coefficient (Wildman–Crippen LogP) is 4.09. The van der Waals surface area contributed by atoms with Gasteiger partial charge in [-0.2, -0.15) is 0 Å². The third-order valence-corrected chi connectivity index (χ3v) is 4.24. The Balaban J connectivity index is 1.67.